The van der Waals surface area contributed by atoms with Crippen molar-refractivity contribution >= 4 is 52.0 Å². The Morgan fingerprint density at radius 1 is 1.06 bits per heavy atom. The minimum Gasteiger partial charge on any atom is -0.336 e. The number of hydrogen-bond acceptors (Lipinski definition) is 6. The van der Waals surface area contributed by atoms with E-state index in [1.165, 1.54) is 0 Å². The van der Waals surface area contributed by atoms with Gasteiger partial charge in [0.15, 0.2) is 0 Å². The first-order chi connectivity index (χ1) is 16.4. The van der Waals surface area contributed by atoms with Gasteiger partial charge in [-0.15, -0.1) is 10.2 Å². The van der Waals surface area contributed by atoms with Crippen LogP contribution in [0.15, 0.2) is 48.5 Å². The SMILES string of the molecule is CCc1cccc(NC(=O)C2CCCN(C(=O)c3nnc(C(=O)Nc4cccc(Cl)c4)s3)C2)c1. The molecule has 0 saturated carbocycles. The third kappa shape index (κ3) is 5.78. The van der Waals surface area contributed by atoms with E-state index in [4.69, 9.17) is 11.6 Å². The Labute approximate surface area is 206 Å². The summed E-state index contributed by atoms with van der Waals surface area (Å²) in [6.45, 7) is 2.88. The molecule has 1 unspecified atom stereocenters. The summed E-state index contributed by atoms with van der Waals surface area (Å²) < 4.78 is 0. The van der Waals surface area contributed by atoms with Crippen LogP contribution in [0, 0.1) is 5.92 Å². The number of piperidine rings is 1. The molecule has 2 aromatic carbocycles. The molecule has 2 heterocycles. The van der Waals surface area contributed by atoms with Crippen LogP contribution in [-0.4, -0.2) is 45.9 Å². The molecule has 0 aliphatic carbocycles. The monoisotopic (exact) mass is 497 g/mol. The number of likely N-dealkylation sites (tertiary alicyclic amines) is 1. The summed E-state index contributed by atoms with van der Waals surface area (Å²) >= 11 is 6.87. The molecule has 1 aromatic heterocycles. The third-order valence-corrected chi connectivity index (χ3v) is 6.71. The van der Waals surface area contributed by atoms with Crippen molar-refractivity contribution in [3.63, 3.8) is 0 Å². The number of nitrogens with zero attached hydrogens (tertiary/aromatic N) is 3. The molecule has 1 aliphatic rings. The van der Waals surface area contributed by atoms with Crippen molar-refractivity contribution in [3.8, 4) is 0 Å². The first-order valence-corrected chi connectivity index (χ1v) is 12.2. The van der Waals surface area contributed by atoms with Crippen molar-refractivity contribution in [1.82, 2.24) is 15.1 Å². The fraction of sp³-hybridized carbons (Fsp3) is 0.292. The van der Waals surface area contributed by atoms with Crippen LogP contribution in [0.1, 0.15) is 44.9 Å². The highest BCUT2D eigenvalue weighted by molar-refractivity contribution is 7.15. The number of carbonyl (C=O) groups excluding carboxylic acids is 3. The van der Waals surface area contributed by atoms with E-state index in [0.29, 0.717) is 36.6 Å². The highest BCUT2D eigenvalue weighted by atomic mass is 35.5. The van der Waals surface area contributed by atoms with Gasteiger partial charge in [0, 0.05) is 29.5 Å². The molecule has 1 fully saturated rings. The predicted octanol–water partition coefficient (Wildman–Crippen LogP) is 4.50. The molecule has 1 saturated heterocycles. The zero-order valence-corrected chi connectivity index (χ0v) is 20.2. The predicted molar refractivity (Wildman–Crippen MR) is 132 cm³/mol. The second-order valence-electron chi connectivity index (χ2n) is 8.01. The molecule has 8 nitrogen and oxygen atoms in total. The Balaban J connectivity index is 1.37. The summed E-state index contributed by atoms with van der Waals surface area (Å²) in [6, 6.07) is 14.5. The van der Waals surface area contributed by atoms with Crippen LogP contribution in [-0.2, 0) is 11.2 Å². The molecule has 1 aliphatic heterocycles. The van der Waals surface area contributed by atoms with Crippen molar-refractivity contribution in [2.45, 2.75) is 26.2 Å². The van der Waals surface area contributed by atoms with Crippen LogP contribution in [0.5, 0.6) is 0 Å². The van der Waals surface area contributed by atoms with Crippen LogP contribution in [0.3, 0.4) is 0 Å². The van der Waals surface area contributed by atoms with E-state index in [2.05, 4.69) is 27.8 Å². The number of halogens is 1. The van der Waals surface area contributed by atoms with E-state index in [9.17, 15) is 14.4 Å². The summed E-state index contributed by atoms with van der Waals surface area (Å²) in [6.07, 6.45) is 2.29. The maximum Gasteiger partial charge on any atom is 0.286 e. The number of anilines is 2. The summed E-state index contributed by atoms with van der Waals surface area (Å²) in [5.41, 5.74) is 2.42. The van der Waals surface area contributed by atoms with E-state index < -0.39 is 5.91 Å². The molecule has 34 heavy (non-hydrogen) atoms. The van der Waals surface area contributed by atoms with E-state index in [1.807, 2.05) is 24.3 Å². The van der Waals surface area contributed by atoms with Gasteiger partial charge in [-0.25, -0.2) is 0 Å². The maximum atomic E-state index is 13.0. The Morgan fingerprint density at radius 3 is 2.56 bits per heavy atom. The molecule has 3 aromatic rings. The van der Waals surface area contributed by atoms with Gasteiger partial charge in [0.25, 0.3) is 11.8 Å². The number of carbonyl (C=O) groups is 3. The molecular formula is C24H24ClN5O3S. The number of hydrogen-bond donors (Lipinski definition) is 2. The Bertz CT molecular complexity index is 1210. The largest absolute Gasteiger partial charge is 0.336 e. The van der Waals surface area contributed by atoms with Gasteiger partial charge in [0.2, 0.25) is 15.9 Å². The second kappa shape index (κ2) is 10.8. The van der Waals surface area contributed by atoms with Crippen molar-refractivity contribution in [3.05, 3.63) is 69.1 Å². The normalized spacial score (nSPS) is 15.6. The van der Waals surface area contributed by atoms with Gasteiger partial charge in [-0.05, 0) is 55.2 Å². The van der Waals surface area contributed by atoms with Gasteiger partial charge >= 0.3 is 0 Å². The van der Waals surface area contributed by atoms with Gasteiger partial charge in [-0.1, -0.05) is 48.1 Å². The smallest absolute Gasteiger partial charge is 0.286 e. The molecular weight excluding hydrogens is 474 g/mol. The number of amides is 3. The number of rotatable bonds is 6. The van der Waals surface area contributed by atoms with E-state index in [0.717, 1.165) is 29.0 Å². The highest BCUT2D eigenvalue weighted by Gasteiger charge is 2.31. The number of nitrogens with one attached hydrogen (secondary N) is 2. The average molecular weight is 498 g/mol. The minimum absolute atomic E-state index is 0.0745. The van der Waals surface area contributed by atoms with Crippen molar-refractivity contribution in [2.24, 2.45) is 5.92 Å². The van der Waals surface area contributed by atoms with Crippen LogP contribution in [0.25, 0.3) is 0 Å². The molecule has 3 amide bonds. The van der Waals surface area contributed by atoms with Crippen LogP contribution < -0.4 is 10.6 Å². The Morgan fingerprint density at radius 2 is 1.79 bits per heavy atom. The molecule has 0 spiro atoms. The summed E-state index contributed by atoms with van der Waals surface area (Å²) in [7, 11) is 0. The van der Waals surface area contributed by atoms with Gasteiger partial charge in [-0.3, -0.25) is 14.4 Å². The van der Waals surface area contributed by atoms with Crippen LogP contribution in [0.2, 0.25) is 5.02 Å². The van der Waals surface area contributed by atoms with E-state index >= 15 is 0 Å². The maximum absolute atomic E-state index is 13.0. The number of benzene rings is 2. The quantitative estimate of drug-likeness (QED) is 0.522. The van der Waals surface area contributed by atoms with Gasteiger partial charge in [-0.2, -0.15) is 0 Å². The van der Waals surface area contributed by atoms with Gasteiger partial charge < -0.3 is 15.5 Å². The summed E-state index contributed by atoms with van der Waals surface area (Å²) in [4.78, 5) is 39.9. The highest BCUT2D eigenvalue weighted by Crippen LogP contribution is 2.23. The minimum atomic E-state index is -0.468. The molecule has 0 radical (unpaired) electrons. The first kappa shape index (κ1) is 23.8. The van der Waals surface area contributed by atoms with Crippen LogP contribution in [0.4, 0.5) is 11.4 Å². The lowest BCUT2D eigenvalue weighted by molar-refractivity contribution is -0.121. The topological polar surface area (TPSA) is 104 Å². The van der Waals surface area contributed by atoms with E-state index in [1.54, 1.807) is 29.2 Å². The number of aromatic nitrogens is 2. The molecule has 2 N–H and O–H groups in total. The third-order valence-electron chi connectivity index (χ3n) is 5.57. The van der Waals surface area contributed by atoms with Gasteiger partial charge in [0.05, 0.1) is 5.92 Å². The lowest BCUT2D eigenvalue weighted by Gasteiger charge is -2.31. The van der Waals surface area contributed by atoms with Crippen LogP contribution >= 0.6 is 22.9 Å². The second-order valence-corrected chi connectivity index (χ2v) is 9.42. The summed E-state index contributed by atoms with van der Waals surface area (Å²) in [5, 5.41) is 14.1. The van der Waals surface area contributed by atoms with Crippen molar-refractivity contribution in [1.29, 1.82) is 0 Å². The lowest BCUT2D eigenvalue weighted by Crippen LogP contribution is -2.43. The molecule has 4 rings (SSSR count). The zero-order chi connectivity index (χ0) is 24.1. The zero-order valence-electron chi connectivity index (χ0n) is 18.6. The average Bonchev–Trinajstić information content (AvgIpc) is 3.34. The van der Waals surface area contributed by atoms with Crippen molar-refractivity contribution in [2.75, 3.05) is 23.7 Å². The summed E-state index contributed by atoms with van der Waals surface area (Å²) in [5.74, 6) is -1.22. The van der Waals surface area contributed by atoms with Crippen molar-refractivity contribution < 1.29 is 14.4 Å². The number of aryl methyl sites for hydroxylation is 1. The fourth-order valence-electron chi connectivity index (χ4n) is 3.78. The Kier molecular flexibility index (Phi) is 7.54. The Hall–Kier alpha value is -3.30. The molecule has 1 atom stereocenters. The standard InChI is InChI=1S/C24H24ClN5O3S/c1-2-15-6-3-9-18(12-15)26-20(31)16-7-5-11-30(14-16)24(33)23-29-28-22(34-23)21(32)27-19-10-4-8-17(25)13-19/h3-4,6,8-10,12-13,16H,2,5,7,11,14H2,1H3,(H,26,31)(H,27,32). The molecule has 10 heteroatoms. The lowest BCUT2D eigenvalue weighted by atomic mass is 9.97. The van der Waals surface area contributed by atoms with E-state index in [-0.39, 0.29) is 27.7 Å². The first-order valence-electron chi connectivity index (χ1n) is 11.0. The molecule has 0 bridgehead atoms. The molecule has 176 valence electrons. The fourth-order valence-corrected chi connectivity index (χ4v) is 4.67. The van der Waals surface area contributed by atoms with Gasteiger partial charge in [0.1, 0.15) is 0 Å².